The zero-order chi connectivity index (χ0) is 13.2. The molecule has 1 unspecified atom stereocenters. The van der Waals surface area contributed by atoms with E-state index in [9.17, 15) is 4.79 Å². The Kier molecular flexibility index (Phi) is 4.12. The molecule has 0 aliphatic carbocycles. The molecule has 94 valence electrons. The van der Waals surface area contributed by atoms with Crippen LogP contribution < -0.4 is 10.5 Å². The lowest BCUT2D eigenvalue weighted by atomic mass is 9.97. The Morgan fingerprint density at radius 2 is 1.88 bits per heavy atom. The molecule has 1 aromatic carbocycles. The van der Waals surface area contributed by atoms with Crippen molar-refractivity contribution in [3.63, 3.8) is 0 Å². The van der Waals surface area contributed by atoms with Crippen LogP contribution in [0.3, 0.4) is 0 Å². The summed E-state index contributed by atoms with van der Waals surface area (Å²) in [5.41, 5.74) is 8.38. The van der Waals surface area contributed by atoms with Crippen LogP contribution in [0.5, 0.6) is 5.75 Å². The zero-order valence-electron chi connectivity index (χ0n) is 11.1. The number of methoxy groups -OCH3 is 1. The highest BCUT2D eigenvalue weighted by atomic mass is 16.5. The molecule has 4 heteroatoms. The van der Waals surface area contributed by atoms with E-state index in [1.165, 1.54) is 0 Å². The number of likely N-dealkylation sites (N-methyl/N-ethyl adjacent to an activating group) is 1. The summed E-state index contributed by atoms with van der Waals surface area (Å²) >= 11 is 0. The molecule has 1 amide bonds. The number of carbonyl (C=O) groups is 1. The Morgan fingerprint density at radius 3 is 2.29 bits per heavy atom. The van der Waals surface area contributed by atoms with Gasteiger partial charge in [-0.3, -0.25) is 9.69 Å². The van der Waals surface area contributed by atoms with Crippen LogP contribution in [0, 0.1) is 13.8 Å². The first-order chi connectivity index (χ1) is 7.88. The van der Waals surface area contributed by atoms with Crippen LogP contribution in [0.25, 0.3) is 0 Å². The number of hydrogen-bond acceptors (Lipinski definition) is 3. The van der Waals surface area contributed by atoms with Gasteiger partial charge < -0.3 is 10.5 Å². The number of rotatable bonds is 4. The van der Waals surface area contributed by atoms with E-state index >= 15 is 0 Å². The van der Waals surface area contributed by atoms with E-state index in [4.69, 9.17) is 10.5 Å². The number of ether oxygens (including phenoxy) is 1. The quantitative estimate of drug-likeness (QED) is 0.859. The van der Waals surface area contributed by atoms with Crippen LogP contribution in [-0.2, 0) is 4.79 Å². The maximum Gasteiger partial charge on any atom is 0.239 e. The Labute approximate surface area is 102 Å². The van der Waals surface area contributed by atoms with Crippen molar-refractivity contribution in [2.24, 2.45) is 5.73 Å². The van der Waals surface area contributed by atoms with Crippen LogP contribution in [0.4, 0.5) is 0 Å². The molecule has 4 nitrogen and oxygen atoms in total. The number of nitrogens with zero attached hydrogens (tertiary/aromatic N) is 1. The second-order valence-corrected chi connectivity index (χ2v) is 4.45. The smallest absolute Gasteiger partial charge is 0.239 e. The second-order valence-electron chi connectivity index (χ2n) is 4.45. The highest BCUT2D eigenvalue weighted by Crippen LogP contribution is 2.28. The fourth-order valence-corrected chi connectivity index (χ4v) is 2.01. The van der Waals surface area contributed by atoms with Gasteiger partial charge in [0.2, 0.25) is 5.91 Å². The number of nitrogens with two attached hydrogens (primary N) is 1. The topological polar surface area (TPSA) is 55.6 Å². The molecule has 0 spiro atoms. The van der Waals surface area contributed by atoms with Gasteiger partial charge in [0.1, 0.15) is 11.8 Å². The summed E-state index contributed by atoms with van der Waals surface area (Å²) < 4.78 is 5.25. The van der Waals surface area contributed by atoms with Crippen LogP contribution in [0.15, 0.2) is 12.1 Å². The molecule has 0 aliphatic rings. The minimum atomic E-state index is -0.403. The average molecular weight is 236 g/mol. The molecule has 0 saturated carbocycles. The number of primary amides is 1. The van der Waals surface area contributed by atoms with Crippen LogP contribution in [-0.4, -0.2) is 32.0 Å². The van der Waals surface area contributed by atoms with Crippen molar-refractivity contribution in [3.8, 4) is 5.75 Å². The van der Waals surface area contributed by atoms with Crippen molar-refractivity contribution in [2.75, 3.05) is 21.2 Å². The van der Waals surface area contributed by atoms with E-state index in [0.29, 0.717) is 0 Å². The second kappa shape index (κ2) is 5.19. The summed E-state index contributed by atoms with van der Waals surface area (Å²) in [5.74, 6) is 0.482. The maximum absolute atomic E-state index is 11.5. The van der Waals surface area contributed by atoms with Crippen LogP contribution in [0.1, 0.15) is 22.7 Å². The summed E-state index contributed by atoms with van der Waals surface area (Å²) in [6.07, 6.45) is 0. The Hall–Kier alpha value is -1.55. The van der Waals surface area contributed by atoms with E-state index in [2.05, 4.69) is 0 Å². The summed E-state index contributed by atoms with van der Waals surface area (Å²) in [4.78, 5) is 13.3. The van der Waals surface area contributed by atoms with Gasteiger partial charge in [-0.1, -0.05) is 6.07 Å². The lowest BCUT2D eigenvalue weighted by molar-refractivity contribution is -0.122. The van der Waals surface area contributed by atoms with Crippen LogP contribution >= 0.6 is 0 Å². The molecule has 1 rings (SSSR count). The first-order valence-electron chi connectivity index (χ1n) is 5.49. The first-order valence-corrected chi connectivity index (χ1v) is 5.49. The molecular formula is C13H20N2O2. The van der Waals surface area contributed by atoms with Crippen molar-refractivity contribution in [1.29, 1.82) is 0 Å². The van der Waals surface area contributed by atoms with Gasteiger partial charge in [0.15, 0.2) is 0 Å². The number of hydrogen-bond donors (Lipinski definition) is 1. The maximum atomic E-state index is 11.5. The molecule has 0 aliphatic heterocycles. The SMILES string of the molecule is COc1cc(C)c(C(C(N)=O)N(C)C)cc1C. The van der Waals surface area contributed by atoms with Gasteiger partial charge in [0.05, 0.1) is 7.11 Å². The van der Waals surface area contributed by atoms with E-state index in [-0.39, 0.29) is 5.91 Å². The monoisotopic (exact) mass is 236 g/mol. The third-order valence-electron chi connectivity index (χ3n) is 2.86. The molecule has 0 heterocycles. The summed E-state index contributed by atoms with van der Waals surface area (Å²) in [7, 11) is 5.32. The molecular weight excluding hydrogens is 216 g/mol. The Morgan fingerprint density at radius 1 is 1.29 bits per heavy atom. The van der Waals surface area contributed by atoms with Crippen molar-refractivity contribution in [2.45, 2.75) is 19.9 Å². The van der Waals surface area contributed by atoms with Crippen LogP contribution in [0.2, 0.25) is 0 Å². The van der Waals surface area contributed by atoms with E-state index in [0.717, 1.165) is 22.4 Å². The first kappa shape index (κ1) is 13.5. The Bertz CT molecular complexity index is 428. The fourth-order valence-electron chi connectivity index (χ4n) is 2.01. The highest BCUT2D eigenvalue weighted by molar-refractivity contribution is 5.82. The van der Waals surface area contributed by atoms with Crippen molar-refractivity contribution in [1.82, 2.24) is 4.90 Å². The Balaban J connectivity index is 3.30. The molecule has 0 aromatic heterocycles. The molecule has 0 radical (unpaired) electrons. The third kappa shape index (κ3) is 2.77. The molecule has 2 N–H and O–H groups in total. The molecule has 0 saturated heterocycles. The summed E-state index contributed by atoms with van der Waals surface area (Å²) in [6.45, 7) is 3.91. The van der Waals surface area contributed by atoms with E-state index < -0.39 is 6.04 Å². The van der Waals surface area contributed by atoms with Gasteiger partial charge in [-0.05, 0) is 50.7 Å². The molecule has 0 bridgehead atoms. The standard InChI is InChI=1S/C13H20N2O2/c1-8-7-11(17-5)9(2)6-10(8)12(13(14)16)15(3)4/h6-7,12H,1-5H3,(H2,14,16). The van der Waals surface area contributed by atoms with Crippen molar-refractivity contribution in [3.05, 3.63) is 28.8 Å². The number of carbonyl (C=O) groups excluding carboxylic acids is 1. The minimum absolute atomic E-state index is 0.345. The lowest BCUT2D eigenvalue weighted by Gasteiger charge is -2.24. The summed E-state index contributed by atoms with van der Waals surface area (Å²) in [5, 5.41) is 0. The number of amides is 1. The van der Waals surface area contributed by atoms with Gasteiger partial charge in [0, 0.05) is 0 Å². The van der Waals surface area contributed by atoms with Gasteiger partial charge in [-0.25, -0.2) is 0 Å². The predicted octanol–water partition coefficient (Wildman–Crippen LogP) is 1.40. The van der Waals surface area contributed by atoms with Gasteiger partial charge >= 0.3 is 0 Å². The summed E-state index contributed by atoms with van der Waals surface area (Å²) in [6, 6.07) is 3.49. The average Bonchev–Trinajstić information content (AvgIpc) is 2.21. The molecule has 1 aromatic rings. The lowest BCUT2D eigenvalue weighted by Crippen LogP contribution is -2.33. The molecule has 0 fully saturated rings. The molecule has 17 heavy (non-hydrogen) atoms. The highest BCUT2D eigenvalue weighted by Gasteiger charge is 2.22. The number of aryl methyl sites for hydroxylation is 2. The minimum Gasteiger partial charge on any atom is -0.496 e. The van der Waals surface area contributed by atoms with Crippen molar-refractivity contribution < 1.29 is 9.53 Å². The van der Waals surface area contributed by atoms with Gasteiger partial charge in [-0.2, -0.15) is 0 Å². The predicted molar refractivity (Wildman–Crippen MR) is 68.1 cm³/mol. The fraction of sp³-hybridized carbons (Fsp3) is 0.462. The van der Waals surface area contributed by atoms with Gasteiger partial charge in [-0.15, -0.1) is 0 Å². The molecule has 1 atom stereocenters. The van der Waals surface area contributed by atoms with E-state index in [1.807, 2.05) is 45.0 Å². The number of benzene rings is 1. The largest absolute Gasteiger partial charge is 0.496 e. The van der Waals surface area contributed by atoms with Crippen molar-refractivity contribution >= 4 is 5.91 Å². The van der Waals surface area contributed by atoms with E-state index in [1.54, 1.807) is 7.11 Å². The normalized spacial score (nSPS) is 12.6. The van der Waals surface area contributed by atoms with Gasteiger partial charge in [0.25, 0.3) is 0 Å². The zero-order valence-corrected chi connectivity index (χ0v) is 11.1. The third-order valence-corrected chi connectivity index (χ3v) is 2.86.